The summed E-state index contributed by atoms with van der Waals surface area (Å²) >= 11 is 0. The van der Waals surface area contributed by atoms with Gasteiger partial charge in [0, 0.05) is 12.1 Å². The van der Waals surface area contributed by atoms with E-state index in [0.29, 0.717) is 12.1 Å². The summed E-state index contributed by atoms with van der Waals surface area (Å²) in [6.07, 6.45) is 4.27. The molecule has 0 aromatic rings. The van der Waals surface area contributed by atoms with Crippen molar-refractivity contribution in [2.75, 3.05) is 0 Å². The third-order valence-electron chi connectivity index (χ3n) is 2.31. The number of aliphatic imine (C=N–C) groups is 2. The van der Waals surface area contributed by atoms with Gasteiger partial charge in [-0.25, -0.2) is 0 Å². The van der Waals surface area contributed by atoms with Crippen molar-refractivity contribution in [3.63, 3.8) is 0 Å². The highest BCUT2D eigenvalue weighted by Crippen LogP contribution is 2.15. The summed E-state index contributed by atoms with van der Waals surface area (Å²) in [5.41, 5.74) is 4.60. The van der Waals surface area contributed by atoms with Crippen LogP contribution in [-0.4, -0.2) is 23.5 Å². The quantitative estimate of drug-likeness (QED) is 0.633. The Morgan fingerprint density at radius 3 is 1.31 bits per heavy atom. The molecule has 1 rings (SSSR count). The average molecular weight is 218 g/mol. The highest BCUT2D eigenvalue weighted by molar-refractivity contribution is 6.23. The monoisotopic (exact) mass is 218 g/mol. The molecule has 0 saturated heterocycles. The predicted octanol–water partition coefficient (Wildman–Crippen LogP) is 3.59. The molecule has 0 fully saturated rings. The Balaban J connectivity index is 3.06. The molecule has 0 aromatic heterocycles. The Morgan fingerprint density at radius 2 is 1.06 bits per heavy atom. The SMILES string of the molecule is CC1=CC(=NC(C)C)C(C)=CC1=NC(C)C. The zero-order valence-electron chi connectivity index (χ0n) is 11.2. The van der Waals surface area contributed by atoms with Gasteiger partial charge in [0.15, 0.2) is 0 Å². The van der Waals surface area contributed by atoms with Crippen molar-refractivity contribution >= 4 is 11.4 Å². The van der Waals surface area contributed by atoms with Gasteiger partial charge in [-0.05, 0) is 64.8 Å². The second-order valence-corrected chi connectivity index (χ2v) is 4.87. The van der Waals surface area contributed by atoms with E-state index < -0.39 is 0 Å². The third-order valence-corrected chi connectivity index (χ3v) is 2.31. The van der Waals surface area contributed by atoms with Crippen LogP contribution >= 0.6 is 0 Å². The number of rotatable bonds is 2. The maximum absolute atomic E-state index is 4.60. The van der Waals surface area contributed by atoms with E-state index in [4.69, 9.17) is 0 Å². The first-order valence-electron chi connectivity index (χ1n) is 5.93. The first kappa shape index (κ1) is 12.9. The Morgan fingerprint density at radius 1 is 0.750 bits per heavy atom. The molecule has 88 valence electrons. The van der Waals surface area contributed by atoms with Gasteiger partial charge in [-0.15, -0.1) is 0 Å². The van der Waals surface area contributed by atoms with Crippen LogP contribution in [0.1, 0.15) is 41.5 Å². The largest absolute Gasteiger partial charge is 0.282 e. The lowest BCUT2D eigenvalue weighted by molar-refractivity contribution is 0.833. The molecule has 0 saturated carbocycles. The van der Waals surface area contributed by atoms with Gasteiger partial charge >= 0.3 is 0 Å². The van der Waals surface area contributed by atoms with Gasteiger partial charge in [0.25, 0.3) is 0 Å². The van der Waals surface area contributed by atoms with Crippen molar-refractivity contribution in [2.45, 2.75) is 53.6 Å². The lowest BCUT2D eigenvalue weighted by Gasteiger charge is -2.14. The molecule has 1 aliphatic rings. The van der Waals surface area contributed by atoms with E-state index in [0.717, 1.165) is 11.4 Å². The van der Waals surface area contributed by atoms with E-state index in [1.54, 1.807) is 0 Å². The van der Waals surface area contributed by atoms with Crippen molar-refractivity contribution in [1.82, 2.24) is 0 Å². The van der Waals surface area contributed by atoms with Crippen molar-refractivity contribution in [1.29, 1.82) is 0 Å². The summed E-state index contributed by atoms with van der Waals surface area (Å²) in [6, 6.07) is 0.678. The Bertz CT molecular complexity index is 342. The van der Waals surface area contributed by atoms with Gasteiger partial charge in [-0.2, -0.15) is 0 Å². The fourth-order valence-electron chi connectivity index (χ4n) is 1.62. The fraction of sp³-hybridized carbons (Fsp3) is 0.571. The summed E-state index contributed by atoms with van der Waals surface area (Å²) in [5.74, 6) is 0. The topological polar surface area (TPSA) is 24.7 Å². The first-order valence-corrected chi connectivity index (χ1v) is 5.93. The lowest BCUT2D eigenvalue weighted by Crippen LogP contribution is -2.13. The molecular formula is C14H22N2. The van der Waals surface area contributed by atoms with E-state index in [2.05, 4.69) is 63.7 Å². The van der Waals surface area contributed by atoms with Crippen LogP contribution in [0.4, 0.5) is 0 Å². The van der Waals surface area contributed by atoms with Crippen molar-refractivity contribution < 1.29 is 0 Å². The summed E-state index contributed by atoms with van der Waals surface area (Å²) in [6.45, 7) is 12.6. The normalized spacial score (nSPS) is 22.0. The molecule has 2 heteroatoms. The average Bonchev–Trinajstić information content (AvgIpc) is 2.11. The van der Waals surface area contributed by atoms with Gasteiger partial charge < -0.3 is 0 Å². The molecule has 0 spiro atoms. The van der Waals surface area contributed by atoms with Crippen LogP contribution in [0.2, 0.25) is 0 Å². The summed E-state index contributed by atoms with van der Waals surface area (Å²) in [4.78, 5) is 9.20. The Labute approximate surface area is 98.9 Å². The lowest BCUT2D eigenvalue weighted by atomic mass is 9.97. The van der Waals surface area contributed by atoms with Crippen LogP contribution in [0.15, 0.2) is 33.3 Å². The minimum atomic E-state index is 0.339. The zero-order valence-corrected chi connectivity index (χ0v) is 11.2. The van der Waals surface area contributed by atoms with Crippen LogP contribution in [0, 0.1) is 0 Å². The Kier molecular flexibility index (Phi) is 4.22. The van der Waals surface area contributed by atoms with E-state index >= 15 is 0 Å². The zero-order chi connectivity index (χ0) is 12.3. The van der Waals surface area contributed by atoms with Crippen LogP contribution in [0.25, 0.3) is 0 Å². The van der Waals surface area contributed by atoms with Gasteiger partial charge in [-0.3, -0.25) is 9.98 Å². The molecule has 0 amide bonds. The molecule has 16 heavy (non-hydrogen) atoms. The number of hydrogen-bond donors (Lipinski definition) is 0. The minimum Gasteiger partial charge on any atom is -0.282 e. The number of nitrogens with zero attached hydrogens (tertiary/aromatic N) is 2. The van der Waals surface area contributed by atoms with Crippen LogP contribution in [-0.2, 0) is 0 Å². The molecule has 0 bridgehead atoms. The van der Waals surface area contributed by atoms with Gasteiger partial charge in [0.1, 0.15) is 0 Å². The summed E-state index contributed by atoms with van der Waals surface area (Å²) < 4.78 is 0. The molecular weight excluding hydrogens is 196 g/mol. The number of hydrogen-bond acceptors (Lipinski definition) is 2. The second kappa shape index (κ2) is 5.24. The maximum atomic E-state index is 4.60. The van der Waals surface area contributed by atoms with E-state index in [1.165, 1.54) is 11.1 Å². The maximum Gasteiger partial charge on any atom is 0.0610 e. The van der Waals surface area contributed by atoms with Crippen LogP contribution in [0.3, 0.4) is 0 Å². The summed E-state index contributed by atoms with van der Waals surface area (Å²) in [7, 11) is 0. The molecule has 2 nitrogen and oxygen atoms in total. The molecule has 0 atom stereocenters. The van der Waals surface area contributed by atoms with E-state index in [9.17, 15) is 0 Å². The highest BCUT2D eigenvalue weighted by atomic mass is 14.8. The van der Waals surface area contributed by atoms with Crippen molar-refractivity contribution in [3.05, 3.63) is 23.3 Å². The molecule has 0 N–H and O–H groups in total. The van der Waals surface area contributed by atoms with Gasteiger partial charge in [0.2, 0.25) is 0 Å². The van der Waals surface area contributed by atoms with E-state index in [-0.39, 0.29) is 0 Å². The summed E-state index contributed by atoms with van der Waals surface area (Å²) in [5, 5.41) is 0. The van der Waals surface area contributed by atoms with Gasteiger partial charge in [0.05, 0.1) is 11.4 Å². The molecule has 0 aliphatic heterocycles. The van der Waals surface area contributed by atoms with Gasteiger partial charge in [-0.1, -0.05) is 0 Å². The predicted molar refractivity (Wildman–Crippen MR) is 72.7 cm³/mol. The third kappa shape index (κ3) is 3.44. The van der Waals surface area contributed by atoms with Crippen LogP contribution in [0.5, 0.6) is 0 Å². The molecule has 0 unspecified atom stereocenters. The van der Waals surface area contributed by atoms with Crippen molar-refractivity contribution in [2.24, 2.45) is 9.98 Å². The van der Waals surface area contributed by atoms with Crippen molar-refractivity contribution in [3.8, 4) is 0 Å². The van der Waals surface area contributed by atoms with Crippen LogP contribution < -0.4 is 0 Å². The Hall–Kier alpha value is -1.18. The molecule has 0 aromatic carbocycles. The minimum absolute atomic E-state index is 0.339. The molecule has 1 aliphatic carbocycles. The number of allylic oxidation sites excluding steroid dienone is 4. The second-order valence-electron chi connectivity index (χ2n) is 4.87. The smallest absolute Gasteiger partial charge is 0.0610 e. The first-order chi connectivity index (χ1) is 7.40. The highest BCUT2D eigenvalue weighted by Gasteiger charge is 2.11. The molecule has 0 heterocycles. The van der Waals surface area contributed by atoms with E-state index in [1.807, 2.05) is 0 Å². The molecule has 0 radical (unpaired) electrons. The fourth-order valence-corrected chi connectivity index (χ4v) is 1.62. The standard InChI is InChI=1S/C14H22N2/c1-9(2)15-13-7-12(6)14(8-11(13)5)16-10(3)4/h7-10H,1-6H3.